The summed E-state index contributed by atoms with van der Waals surface area (Å²) in [6.07, 6.45) is 2.70. The number of hydrogen-bond acceptors (Lipinski definition) is 4. The van der Waals surface area contributed by atoms with Gasteiger partial charge in [0.15, 0.2) is 0 Å². The molecule has 2 atom stereocenters. The van der Waals surface area contributed by atoms with Crippen molar-refractivity contribution in [2.75, 3.05) is 39.8 Å². The van der Waals surface area contributed by atoms with E-state index in [0.717, 1.165) is 13.1 Å². The lowest BCUT2D eigenvalue weighted by Gasteiger charge is -2.34. The van der Waals surface area contributed by atoms with Crippen LogP contribution in [0, 0.1) is 0 Å². The molecule has 0 aromatic carbocycles. The van der Waals surface area contributed by atoms with Crippen LogP contribution in [0.15, 0.2) is 0 Å². The lowest BCUT2D eigenvalue weighted by molar-refractivity contribution is -0.134. The van der Waals surface area contributed by atoms with E-state index in [9.17, 15) is 4.79 Å². The smallest absolute Gasteiger partial charge is 0.246 e. The molecule has 3 fully saturated rings. The number of amides is 1. The third-order valence-electron chi connectivity index (χ3n) is 4.27. The van der Waals surface area contributed by atoms with Crippen molar-refractivity contribution in [3.8, 4) is 0 Å². The van der Waals surface area contributed by atoms with E-state index in [1.807, 2.05) is 0 Å². The van der Waals surface area contributed by atoms with E-state index in [1.165, 1.54) is 25.9 Å². The van der Waals surface area contributed by atoms with Gasteiger partial charge < -0.3 is 15.0 Å². The van der Waals surface area contributed by atoms with Crippen molar-refractivity contribution in [2.45, 2.75) is 31.0 Å². The molecule has 17 heavy (non-hydrogen) atoms. The van der Waals surface area contributed by atoms with Crippen LogP contribution in [-0.2, 0) is 9.53 Å². The standard InChI is InChI=1S/C12H21N3O2/c1-14-4-2-9(3-5-14)15-6-10-11(7-15)17-8-12(16)13-10/h9-11H,2-8H2,1H3,(H,13,16). The molecule has 3 aliphatic heterocycles. The number of hydrogen-bond donors (Lipinski definition) is 1. The van der Waals surface area contributed by atoms with E-state index in [4.69, 9.17) is 4.74 Å². The zero-order valence-corrected chi connectivity index (χ0v) is 10.4. The molecule has 3 saturated heterocycles. The highest BCUT2D eigenvalue weighted by molar-refractivity contribution is 5.78. The maximum Gasteiger partial charge on any atom is 0.246 e. The maximum absolute atomic E-state index is 11.3. The van der Waals surface area contributed by atoms with Crippen LogP contribution >= 0.6 is 0 Å². The van der Waals surface area contributed by atoms with Crippen LogP contribution in [0.4, 0.5) is 0 Å². The first-order chi connectivity index (χ1) is 8.22. The normalized spacial score (nSPS) is 36.9. The van der Waals surface area contributed by atoms with Gasteiger partial charge in [0.05, 0.1) is 12.1 Å². The van der Waals surface area contributed by atoms with Crippen LogP contribution in [0.5, 0.6) is 0 Å². The van der Waals surface area contributed by atoms with Crippen LogP contribution in [0.3, 0.4) is 0 Å². The number of morpholine rings is 1. The van der Waals surface area contributed by atoms with Crippen LogP contribution in [-0.4, -0.2) is 73.7 Å². The van der Waals surface area contributed by atoms with E-state index in [2.05, 4.69) is 22.2 Å². The predicted octanol–water partition coefficient (Wildman–Crippen LogP) is -0.720. The lowest BCUT2D eigenvalue weighted by atomic mass is 10.0. The molecule has 0 aromatic heterocycles. The molecular formula is C12H21N3O2. The van der Waals surface area contributed by atoms with Gasteiger partial charge in [0.1, 0.15) is 6.61 Å². The third-order valence-corrected chi connectivity index (χ3v) is 4.27. The number of nitrogens with one attached hydrogen (secondary N) is 1. The molecule has 3 aliphatic rings. The van der Waals surface area contributed by atoms with Gasteiger partial charge in [-0.2, -0.15) is 0 Å². The van der Waals surface area contributed by atoms with E-state index < -0.39 is 0 Å². The molecular weight excluding hydrogens is 218 g/mol. The maximum atomic E-state index is 11.3. The van der Waals surface area contributed by atoms with E-state index in [1.54, 1.807) is 0 Å². The minimum absolute atomic E-state index is 0.0384. The molecule has 3 rings (SSSR count). The van der Waals surface area contributed by atoms with Crippen molar-refractivity contribution in [3.05, 3.63) is 0 Å². The summed E-state index contributed by atoms with van der Waals surface area (Å²) in [5.74, 6) is 0.0384. The van der Waals surface area contributed by atoms with Crippen LogP contribution in [0.1, 0.15) is 12.8 Å². The molecule has 2 unspecified atom stereocenters. The number of carbonyl (C=O) groups is 1. The Labute approximate surface area is 102 Å². The van der Waals surface area contributed by atoms with Gasteiger partial charge >= 0.3 is 0 Å². The lowest BCUT2D eigenvalue weighted by Crippen LogP contribution is -2.51. The quantitative estimate of drug-likeness (QED) is 0.656. The number of rotatable bonds is 1. The summed E-state index contributed by atoms with van der Waals surface area (Å²) in [6.45, 7) is 4.56. The van der Waals surface area contributed by atoms with Gasteiger partial charge in [-0.1, -0.05) is 0 Å². The Morgan fingerprint density at radius 1 is 1.29 bits per heavy atom. The highest BCUT2D eigenvalue weighted by atomic mass is 16.5. The number of fused-ring (bicyclic) bond motifs is 1. The van der Waals surface area contributed by atoms with Gasteiger partial charge in [-0.15, -0.1) is 0 Å². The third kappa shape index (κ3) is 2.32. The SMILES string of the molecule is CN1CCC(N2CC3NC(=O)COC3C2)CC1. The van der Waals surface area contributed by atoms with Gasteiger partial charge in [0, 0.05) is 19.1 Å². The van der Waals surface area contributed by atoms with Crippen LogP contribution in [0.25, 0.3) is 0 Å². The molecule has 0 aliphatic carbocycles. The number of piperidine rings is 1. The second-order valence-corrected chi connectivity index (χ2v) is 5.51. The van der Waals surface area contributed by atoms with E-state index >= 15 is 0 Å². The van der Waals surface area contributed by atoms with Gasteiger partial charge in [-0.05, 0) is 33.0 Å². The first-order valence-electron chi connectivity index (χ1n) is 6.56. The molecule has 5 nitrogen and oxygen atoms in total. The van der Waals surface area contributed by atoms with Crippen molar-refractivity contribution in [2.24, 2.45) is 0 Å². The van der Waals surface area contributed by atoms with Crippen molar-refractivity contribution in [3.63, 3.8) is 0 Å². The van der Waals surface area contributed by atoms with E-state index in [0.29, 0.717) is 6.04 Å². The van der Waals surface area contributed by atoms with Crippen molar-refractivity contribution in [1.82, 2.24) is 15.1 Å². The molecule has 0 bridgehead atoms. The predicted molar refractivity (Wildman–Crippen MR) is 63.8 cm³/mol. The van der Waals surface area contributed by atoms with Gasteiger partial charge in [-0.25, -0.2) is 0 Å². The summed E-state index contributed by atoms with van der Waals surface area (Å²) in [7, 11) is 2.18. The molecule has 0 saturated carbocycles. The largest absolute Gasteiger partial charge is 0.365 e. The highest BCUT2D eigenvalue weighted by Crippen LogP contribution is 2.23. The minimum atomic E-state index is 0.0384. The molecule has 96 valence electrons. The fraction of sp³-hybridized carbons (Fsp3) is 0.917. The molecule has 0 spiro atoms. The molecule has 3 heterocycles. The zero-order valence-electron chi connectivity index (χ0n) is 10.4. The topological polar surface area (TPSA) is 44.8 Å². The first-order valence-corrected chi connectivity index (χ1v) is 6.56. The summed E-state index contributed by atoms with van der Waals surface area (Å²) in [5, 5.41) is 3.04. The Morgan fingerprint density at radius 2 is 2.06 bits per heavy atom. The highest BCUT2D eigenvalue weighted by Gasteiger charge is 2.40. The average Bonchev–Trinajstić information content (AvgIpc) is 2.72. The second kappa shape index (κ2) is 4.55. The van der Waals surface area contributed by atoms with Gasteiger partial charge in [0.2, 0.25) is 5.91 Å². The Kier molecular flexibility index (Phi) is 3.06. The summed E-state index contributed by atoms with van der Waals surface area (Å²) >= 11 is 0. The molecule has 0 aromatic rings. The van der Waals surface area contributed by atoms with Crippen LogP contribution in [0.2, 0.25) is 0 Å². The fourth-order valence-corrected chi connectivity index (χ4v) is 3.20. The van der Waals surface area contributed by atoms with Gasteiger partial charge in [-0.3, -0.25) is 9.69 Å². The molecule has 1 amide bonds. The van der Waals surface area contributed by atoms with Gasteiger partial charge in [0.25, 0.3) is 0 Å². The minimum Gasteiger partial charge on any atom is -0.365 e. The Balaban J connectivity index is 1.58. The Hall–Kier alpha value is -0.650. The molecule has 1 N–H and O–H groups in total. The molecule has 5 heteroatoms. The fourth-order valence-electron chi connectivity index (χ4n) is 3.20. The number of ether oxygens (including phenoxy) is 1. The Bertz CT molecular complexity index is 302. The number of likely N-dealkylation sites (tertiary alicyclic amines) is 2. The summed E-state index contributed by atoms with van der Waals surface area (Å²) in [4.78, 5) is 16.2. The number of carbonyl (C=O) groups excluding carboxylic acids is 1. The van der Waals surface area contributed by atoms with Crippen molar-refractivity contribution < 1.29 is 9.53 Å². The van der Waals surface area contributed by atoms with Crippen molar-refractivity contribution in [1.29, 1.82) is 0 Å². The first kappa shape index (κ1) is 11.4. The number of nitrogens with zero attached hydrogens (tertiary/aromatic N) is 2. The van der Waals surface area contributed by atoms with Crippen LogP contribution < -0.4 is 5.32 Å². The van der Waals surface area contributed by atoms with Crippen molar-refractivity contribution >= 4 is 5.91 Å². The Morgan fingerprint density at radius 3 is 2.82 bits per heavy atom. The summed E-state index contributed by atoms with van der Waals surface area (Å²) < 4.78 is 5.59. The van der Waals surface area contributed by atoms with E-state index in [-0.39, 0.29) is 24.7 Å². The summed E-state index contributed by atoms with van der Waals surface area (Å²) in [6, 6.07) is 0.896. The molecule has 0 radical (unpaired) electrons. The monoisotopic (exact) mass is 239 g/mol. The average molecular weight is 239 g/mol. The second-order valence-electron chi connectivity index (χ2n) is 5.51. The summed E-state index contributed by atoms with van der Waals surface area (Å²) in [5.41, 5.74) is 0. The zero-order chi connectivity index (χ0) is 11.8.